The summed E-state index contributed by atoms with van der Waals surface area (Å²) in [5.74, 6) is -0.292. The van der Waals surface area contributed by atoms with Crippen molar-refractivity contribution in [3.63, 3.8) is 0 Å². The molecule has 0 spiro atoms. The largest absolute Gasteiger partial charge is 0.495 e. The molecule has 31 heavy (non-hydrogen) atoms. The lowest BCUT2D eigenvalue weighted by atomic mass is 9.87. The summed E-state index contributed by atoms with van der Waals surface area (Å²) in [6, 6.07) is 10.8. The molecule has 2 unspecified atom stereocenters. The van der Waals surface area contributed by atoms with Crippen molar-refractivity contribution in [1.82, 2.24) is 4.72 Å². The van der Waals surface area contributed by atoms with Gasteiger partial charge in [-0.2, -0.15) is 0 Å². The van der Waals surface area contributed by atoms with Gasteiger partial charge in [0.15, 0.2) is 5.78 Å². The predicted molar refractivity (Wildman–Crippen MR) is 119 cm³/mol. The van der Waals surface area contributed by atoms with E-state index in [0.29, 0.717) is 11.3 Å². The number of hydrogen-bond donors (Lipinski definition) is 2. The van der Waals surface area contributed by atoms with Crippen LogP contribution in [0.4, 0.5) is 5.69 Å². The lowest BCUT2D eigenvalue weighted by Gasteiger charge is -2.29. The van der Waals surface area contributed by atoms with Crippen molar-refractivity contribution in [2.75, 3.05) is 12.4 Å². The summed E-state index contributed by atoms with van der Waals surface area (Å²) in [6.45, 7) is 3.46. The van der Waals surface area contributed by atoms with Crippen LogP contribution in [0.1, 0.15) is 60.2 Å². The van der Waals surface area contributed by atoms with Crippen LogP contribution in [0.15, 0.2) is 47.4 Å². The Balaban J connectivity index is 1.90. The normalized spacial score (nSPS) is 18.9. The van der Waals surface area contributed by atoms with Crippen molar-refractivity contribution in [1.29, 1.82) is 0 Å². The van der Waals surface area contributed by atoms with Crippen LogP contribution >= 0.6 is 0 Å². The molecule has 1 saturated carbocycles. The van der Waals surface area contributed by atoms with E-state index in [1.807, 2.05) is 6.92 Å². The summed E-state index contributed by atoms with van der Waals surface area (Å²) in [5.41, 5.74) is 0.899. The molecule has 2 N–H and O–H groups in total. The summed E-state index contributed by atoms with van der Waals surface area (Å²) in [7, 11) is -2.51. The standard InChI is InChI=1S/C23H28N2O5S/c1-15-8-4-6-10-19(15)25-31(28,29)22-14-17(12-13-21(22)30-3)23(27)24-20-11-7-5-9-18(20)16(2)26/h5,7,9,11-15,19,25H,4,6,8,10H2,1-3H3,(H,24,27). The SMILES string of the molecule is COc1ccc(C(=O)Nc2ccccc2C(C)=O)cc1S(=O)(=O)NC1CCCCC1C. The third-order valence-corrected chi connectivity index (χ3v) is 7.20. The number of Topliss-reactive ketones (excluding diaryl/α,β-unsaturated/α-hetero) is 1. The van der Waals surface area contributed by atoms with Crippen molar-refractivity contribution >= 4 is 27.4 Å². The third-order valence-electron chi connectivity index (χ3n) is 5.69. The molecule has 0 aromatic heterocycles. The zero-order valence-electron chi connectivity index (χ0n) is 18.0. The van der Waals surface area contributed by atoms with Gasteiger partial charge in [-0.15, -0.1) is 0 Å². The number of amides is 1. The maximum absolute atomic E-state index is 13.1. The van der Waals surface area contributed by atoms with Crippen LogP contribution in [0.3, 0.4) is 0 Å². The van der Waals surface area contributed by atoms with Gasteiger partial charge >= 0.3 is 0 Å². The van der Waals surface area contributed by atoms with Crippen LogP contribution < -0.4 is 14.8 Å². The van der Waals surface area contributed by atoms with Crippen LogP contribution in [0.5, 0.6) is 5.75 Å². The number of carbonyl (C=O) groups is 2. The van der Waals surface area contributed by atoms with Gasteiger partial charge in [0.25, 0.3) is 5.91 Å². The molecule has 3 rings (SSSR count). The van der Waals surface area contributed by atoms with E-state index in [1.165, 1.54) is 32.2 Å². The number of sulfonamides is 1. The van der Waals surface area contributed by atoms with Crippen LogP contribution in [-0.4, -0.2) is 33.3 Å². The van der Waals surface area contributed by atoms with Crippen molar-refractivity contribution < 1.29 is 22.7 Å². The van der Waals surface area contributed by atoms with E-state index in [-0.39, 0.29) is 34.0 Å². The van der Waals surface area contributed by atoms with Crippen LogP contribution in [0.25, 0.3) is 0 Å². The molecule has 0 bridgehead atoms. The molecule has 2 atom stereocenters. The molecule has 1 amide bonds. The first kappa shape index (κ1) is 23.0. The zero-order chi connectivity index (χ0) is 22.6. The molecule has 8 heteroatoms. The van der Waals surface area contributed by atoms with Crippen LogP contribution in [0, 0.1) is 5.92 Å². The van der Waals surface area contributed by atoms with Crippen molar-refractivity contribution in [3.8, 4) is 5.75 Å². The van der Waals surface area contributed by atoms with Crippen molar-refractivity contribution in [2.24, 2.45) is 5.92 Å². The van der Waals surface area contributed by atoms with Crippen LogP contribution in [0.2, 0.25) is 0 Å². The first-order valence-electron chi connectivity index (χ1n) is 10.3. The minimum absolute atomic E-state index is 0.0831. The maximum Gasteiger partial charge on any atom is 0.255 e. The molecule has 0 heterocycles. The zero-order valence-corrected chi connectivity index (χ0v) is 18.8. The molecule has 0 radical (unpaired) electrons. The van der Waals surface area contributed by atoms with Crippen molar-refractivity contribution in [3.05, 3.63) is 53.6 Å². The lowest BCUT2D eigenvalue weighted by molar-refractivity contribution is 0.101. The number of para-hydroxylation sites is 1. The molecule has 1 aliphatic rings. The predicted octanol–water partition coefficient (Wildman–Crippen LogP) is 4.01. The Morgan fingerprint density at radius 1 is 1.06 bits per heavy atom. The van der Waals surface area contributed by atoms with Gasteiger partial charge in [0.05, 0.1) is 12.8 Å². The van der Waals surface area contributed by atoms with Crippen molar-refractivity contribution in [2.45, 2.75) is 50.5 Å². The fourth-order valence-corrected chi connectivity index (χ4v) is 5.45. The van der Waals surface area contributed by atoms with E-state index in [0.717, 1.165) is 25.7 Å². The Hall–Kier alpha value is -2.71. The molecule has 1 aliphatic carbocycles. The van der Waals surface area contributed by atoms with E-state index >= 15 is 0 Å². The molecule has 166 valence electrons. The van der Waals surface area contributed by atoms with E-state index in [1.54, 1.807) is 24.3 Å². The molecule has 2 aromatic rings. The first-order valence-corrected chi connectivity index (χ1v) is 11.8. The summed E-state index contributed by atoms with van der Waals surface area (Å²) < 4.78 is 34.3. The molecule has 1 fully saturated rings. The maximum atomic E-state index is 13.1. The second-order valence-electron chi connectivity index (χ2n) is 7.91. The van der Waals surface area contributed by atoms with E-state index in [2.05, 4.69) is 10.0 Å². The molecular weight excluding hydrogens is 416 g/mol. The number of methoxy groups -OCH3 is 1. The Bertz CT molecular complexity index is 1080. The fraction of sp³-hybridized carbons (Fsp3) is 0.391. The van der Waals surface area contributed by atoms with Gasteiger partial charge in [-0.3, -0.25) is 9.59 Å². The minimum Gasteiger partial charge on any atom is -0.495 e. The smallest absolute Gasteiger partial charge is 0.255 e. The number of benzene rings is 2. The van der Waals surface area contributed by atoms with Gasteiger partial charge in [0, 0.05) is 17.2 Å². The highest BCUT2D eigenvalue weighted by molar-refractivity contribution is 7.89. The van der Waals surface area contributed by atoms with Gasteiger partial charge < -0.3 is 10.1 Å². The summed E-state index contributed by atoms with van der Waals surface area (Å²) in [6.07, 6.45) is 3.83. The molecule has 0 aliphatic heterocycles. The quantitative estimate of drug-likeness (QED) is 0.629. The molecular formula is C23H28N2O5S. The topological polar surface area (TPSA) is 102 Å². The average molecular weight is 445 g/mol. The highest BCUT2D eigenvalue weighted by Gasteiger charge is 2.29. The van der Waals surface area contributed by atoms with Gasteiger partial charge in [-0.05, 0) is 56.0 Å². The van der Waals surface area contributed by atoms with E-state index in [9.17, 15) is 18.0 Å². The summed E-state index contributed by atoms with van der Waals surface area (Å²) in [4.78, 5) is 24.6. The second kappa shape index (κ2) is 9.62. The number of nitrogens with one attached hydrogen (secondary N) is 2. The fourth-order valence-electron chi connectivity index (χ4n) is 3.88. The number of rotatable bonds is 7. The second-order valence-corrected chi connectivity index (χ2v) is 9.59. The van der Waals surface area contributed by atoms with E-state index in [4.69, 9.17) is 4.74 Å². The third kappa shape index (κ3) is 5.32. The van der Waals surface area contributed by atoms with Crippen LogP contribution in [-0.2, 0) is 10.0 Å². The Labute approximate surface area is 183 Å². The average Bonchev–Trinajstić information content (AvgIpc) is 2.75. The lowest BCUT2D eigenvalue weighted by Crippen LogP contribution is -2.41. The Morgan fingerprint density at radius 2 is 1.77 bits per heavy atom. The number of carbonyl (C=O) groups excluding carboxylic acids is 2. The monoisotopic (exact) mass is 444 g/mol. The van der Waals surface area contributed by atoms with E-state index < -0.39 is 15.9 Å². The number of hydrogen-bond acceptors (Lipinski definition) is 5. The molecule has 7 nitrogen and oxygen atoms in total. The van der Waals surface area contributed by atoms with Gasteiger partial charge in [-0.1, -0.05) is 31.9 Å². The number of anilines is 1. The molecule has 0 saturated heterocycles. The minimum atomic E-state index is -3.90. The highest BCUT2D eigenvalue weighted by atomic mass is 32.2. The molecule has 2 aromatic carbocycles. The van der Waals surface area contributed by atoms with Gasteiger partial charge in [-0.25, -0.2) is 13.1 Å². The first-order chi connectivity index (χ1) is 14.7. The summed E-state index contributed by atoms with van der Waals surface area (Å²) >= 11 is 0. The number of ketones is 1. The summed E-state index contributed by atoms with van der Waals surface area (Å²) in [5, 5.41) is 2.70. The Kier molecular flexibility index (Phi) is 7.12. The highest BCUT2D eigenvalue weighted by Crippen LogP contribution is 2.29. The Morgan fingerprint density at radius 3 is 2.45 bits per heavy atom. The van der Waals surface area contributed by atoms with Gasteiger partial charge in [0.2, 0.25) is 10.0 Å². The van der Waals surface area contributed by atoms with Gasteiger partial charge in [0.1, 0.15) is 10.6 Å². The number of ether oxygens (including phenoxy) is 1.